The van der Waals surface area contributed by atoms with Gasteiger partial charge in [0.15, 0.2) is 5.69 Å². The van der Waals surface area contributed by atoms with Gasteiger partial charge in [-0.25, -0.2) is 4.79 Å². The van der Waals surface area contributed by atoms with Crippen LogP contribution in [0.4, 0.5) is 26.3 Å². The molecule has 0 amide bonds. The Labute approximate surface area is 107 Å². The van der Waals surface area contributed by atoms with Gasteiger partial charge in [0.25, 0.3) is 0 Å². The molecule has 2 rings (SSSR count). The van der Waals surface area contributed by atoms with Crippen LogP contribution in [-0.4, -0.2) is 16.9 Å². The molecule has 3 nitrogen and oxygen atoms in total. The molecule has 0 atom stereocenters. The minimum absolute atomic E-state index is 0.00482. The van der Waals surface area contributed by atoms with Crippen molar-refractivity contribution in [1.82, 2.24) is 4.73 Å². The standard InChI is InChI=1S/C11H5F6NO2/c12-10(13,14)8-5-6-3-1-2-4-7(6)18(8)20-9(19)11(15,16)17/h1-5H. The molecule has 0 aliphatic heterocycles. The number of nitrogens with zero attached hydrogens (tertiary/aromatic N) is 1. The topological polar surface area (TPSA) is 31.2 Å². The predicted molar refractivity (Wildman–Crippen MR) is 54.6 cm³/mol. The van der Waals surface area contributed by atoms with Gasteiger partial charge < -0.3 is 4.84 Å². The second-order valence-corrected chi connectivity index (χ2v) is 3.76. The monoisotopic (exact) mass is 297 g/mol. The highest BCUT2D eigenvalue weighted by Gasteiger charge is 2.44. The van der Waals surface area contributed by atoms with Crippen LogP contribution in [0.15, 0.2) is 30.3 Å². The smallest absolute Gasteiger partial charge is 0.327 e. The van der Waals surface area contributed by atoms with Crippen LogP contribution in [-0.2, 0) is 11.0 Å². The molecule has 0 unspecified atom stereocenters. The minimum atomic E-state index is -5.39. The van der Waals surface area contributed by atoms with Crippen molar-refractivity contribution in [2.45, 2.75) is 12.4 Å². The van der Waals surface area contributed by atoms with Crippen molar-refractivity contribution in [2.75, 3.05) is 0 Å². The molecule has 1 aromatic heterocycles. The van der Waals surface area contributed by atoms with Crippen molar-refractivity contribution in [3.05, 3.63) is 36.0 Å². The molecule has 9 heteroatoms. The van der Waals surface area contributed by atoms with Crippen molar-refractivity contribution in [1.29, 1.82) is 0 Å². The van der Waals surface area contributed by atoms with E-state index in [1.807, 2.05) is 0 Å². The molecule has 2 aromatic rings. The van der Waals surface area contributed by atoms with Crippen LogP contribution in [0.5, 0.6) is 0 Å². The number of fused-ring (bicyclic) bond motifs is 1. The Balaban J connectivity index is 2.58. The third-order valence-corrected chi connectivity index (χ3v) is 2.36. The maximum atomic E-state index is 12.7. The number of hydrogen-bond donors (Lipinski definition) is 0. The summed E-state index contributed by atoms with van der Waals surface area (Å²) in [6, 6.07) is 5.66. The van der Waals surface area contributed by atoms with Crippen LogP contribution in [0.1, 0.15) is 5.69 Å². The van der Waals surface area contributed by atoms with Gasteiger partial charge in [0.2, 0.25) is 0 Å². The lowest BCUT2D eigenvalue weighted by Gasteiger charge is -2.13. The van der Waals surface area contributed by atoms with E-state index in [9.17, 15) is 31.1 Å². The highest BCUT2D eigenvalue weighted by Crippen LogP contribution is 2.33. The molecular weight excluding hydrogens is 292 g/mol. The summed E-state index contributed by atoms with van der Waals surface area (Å²) in [5.41, 5.74) is -1.80. The van der Waals surface area contributed by atoms with Crippen molar-refractivity contribution in [3.8, 4) is 0 Å². The van der Waals surface area contributed by atoms with E-state index in [-0.39, 0.29) is 15.6 Å². The number of hydrogen-bond acceptors (Lipinski definition) is 2. The van der Waals surface area contributed by atoms with Crippen molar-refractivity contribution in [2.24, 2.45) is 0 Å². The fourth-order valence-corrected chi connectivity index (χ4v) is 1.56. The van der Waals surface area contributed by atoms with Crippen molar-refractivity contribution in [3.63, 3.8) is 0 Å². The lowest BCUT2D eigenvalue weighted by molar-refractivity contribution is -0.203. The van der Waals surface area contributed by atoms with E-state index in [4.69, 9.17) is 0 Å². The van der Waals surface area contributed by atoms with E-state index in [1.54, 1.807) is 0 Å². The number of carbonyl (C=O) groups is 1. The number of para-hydroxylation sites is 1. The molecule has 0 aliphatic rings. The summed E-state index contributed by atoms with van der Waals surface area (Å²) >= 11 is 0. The lowest BCUT2D eigenvalue weighted by atomic mass is 10.2. The van der Waals surface area contributed by atoms with Gasteiger partial charge >= 0.3 is 18.3 Å². The van der Waals surface area contributed by atoms with Gasteiger partial charge in [-0.15, -0.1) is 0 Å². The maximum Gasteiger partial charge on any atom is 0.493 e. The van der Waals surface area contributed by atoms with E-state index in [1.165, 1.54) is 18.2 Å². The molecule has 108 valence electrons. The Morgan fingerprint density at radius 2 is 1.65 bits per heavy atom. The summed E-state index contributed by atoms with van der Waals surface area (Å²) in [5, 5.41) is -0.00482. The number of halogens is 6. The minimum Gasteiger partial charge on any atom is -0.327 e. The molecule has 0 radical (unpaired) electrons. The van der Waals surface area contributed by atoms with Gasteiger partial charge in [-0.3, -0.25) is 0 Å². The van der Waals surface area contributed by atoms with Crippen LogP contribution in [0, 0.1) is 0 Å². The zero-order chi connectivity index (χ0) is 15.1. The molecule has 1 aromatic carbocycles. The first-order valence-electron chi connectivity index (χ1n) is 5.08. The third kappa shape index (κ3) is 2.56. The molecule has 20 heavy (non-hydrogen) atoms. The average molecular weight is 297 g/mol. The van der Waals surface area contributed by atoms with Gasteiger partial charge in [0, 0.05) is 5.39 Å². The molecule has 0 spiro atoms. The normalized spacial score (nSPS) is 12.7. The van der Waals surface area contributed by atoms with E-state index >= 15 is 0 Å². The molecule has 1 heterocycles. The largest absolute Gasteiger partial charge is 0.493 e. The number of rotatable bonds is 1. The number of benzene rings is 1. The zero-order valence-electron chi connectivity index (χ0n) is 9.42. The summed E-state index contributed by atoms with van der Waals surface area (Å²) in [5.74, 6) is -2.73. The van der Waals surface area contributed by atoms with Crippen LogP contribution >= 0.6 is 0 Å². The molecule has 0 N–H and O–H groups in total. The summed E-state index contributed by atoms with van der Waals surface area (Å²) < 4.78 is 74.4. The molecule has 0 bridgehead atoms. The van der Waals surface area contributed by atoms with Crippen LogP contribution in [0.3, 0.4) is 0 Å². The number of aromatic nitrogens is 1. The maximum absolute atomic E-state index is 12.7. The van der Waals surface area contributed by atoms with Gasteiger partial charge in [-0.1, -0.05) is 18.2 Å². The third-order valence-electron chi connectivity index (χ3n) is 2.36. The second kappa shape index (κ2) is 4.43. The first-order valence-corrected chi connectivity index (χ1v) is 5.08. The summed E-state index contributed by atoms with van der Waals surface area (Å²) in [6.45, 7) is 0. The fraction of sp³-hybridized carbons (Fsp3) is 0.182. The fourth-order valence-electron chi connectivity index (χ4n) is 1.56. The number of alkyl halides is 6. The quantitative estimate of drug-likeness (QED) is 0.757. The second-order valence-electron chi connectivity index (χ2n) is 3.76. The van der Waals surface area contributed by atoms with Gasteiger partial charge in [0.05, 0.1) is 5.52 Å². The SMILES string of the molecule is O=C(On1c(C(F)(F)F)cc2ccccc21)C(F)(F)F. The first kappa shape index (κ1) is 14.2. The Bertz CT molecular complexity index is 655. The Kier molecular flexibility index (Phi) is 3.15. The summed E-state index contributed by atoms with van der Waals surface area (Å²) in [7, 11) is 0. The van der Waals surface area contributed by atoms with Gasteiger partial charge in [-0.2, -0.15) is 31.1 Å². The molecule has 0 saturated carbocycles. The van der Waals surface area contributed by atoms with Crippen LogP contribution in [0.25, 0.3) is 10.9 Å². The van der Waals surface area contributed by atoms with Gasteiger partial charge in [0.1, 0.15) is 0 Å². The van der Waals surface area contributed by atoms with Crippen LogP contribution in [0.2, 0.25) is 0 Å². The first-order chi connectivity index (χ1) is 9.10. The Hall–Kier alpha value is -2.19. The predicted octanol–water partition coefficient (Wildman–Crippen LogP) is 3.18. The number of carbonyl (C=O) groups excluding carboxylic acids is 1. The highest BCUT2D eigenvalue weighted by atomic mass is 19.4. The lowest BCUT2D eigenvalue weighted by Crippen LogP contribution is -2.35. The molecule has 0 aliphatic carbocycles. The van der Waals surface area contributed by atoms with Crippen molar-refractivity contribution >= 4 is 16.9 Å². The highest BCUT2D eigenvalue weighted by molar-refractivity contribution is 5.83. The van der Waals surface area contributed by atoms with E-state index in [0.717, 1.165) is 6.07 Å². The van der Waals surface area contributed by atoms with E-state index in [0.29, 0.717) is 6.07 Å². The van der Waals surface area contributed by atoms with Crippen molar-refractivity contribution < 1.29 is 36.0 Å². The Morgan fingerprint density at radius 3 is 2.20 bits per heavy atom. The van der Waals surface area contributed by atoms with E-state index < -0.39 is 24.0 Å². The van der Waals surface area contributed by atoms with Crippen LogP contribution < -0.4 is 4.84 Å². The molecule has 0 fully saturated rings. The van der Waals surface area contributed by atoms with E-state index in [2.05, 4.69) is 4.84 Å². The summed E-state index contributed by atoms with van der Waals surface area (Å²) in [4.78, 5) is 14.5. The zero-order valence-corrected chi connectivity index (χ0v) is 9.42. The molecule has 0 saturated heterocycles. The summed E-state index contributed by atoms with van der Waals surface area (Å²) in [6.07, 6.45) is -10.4. The average Bonchev–Trinajstić information content (AvgIpc) is 2.67. The van der Waals surface area contributed by atoms with Gasteiger partial charge in [-0.05, 0) is 12.1 Å². The Morgan fingerprint density at radius 1 is 1.05 bits per heavy atom. The molecular formula is C11H5F6NO2.